The van der Waals surface area contributed by atoms with Crippen LogP contribution in [0.3, 0.4) is 0 Å². The molecule has 14 aromatic rings. The highest BCUT2D eigenvalue weighted by Crippen LogP contribution is 2.43. The second kappa shape index (κ2) is 13.6. The number of fused-ring (bicyclic) bond motifs is 12. The summed E-state index contributed by atoms with van der Waals surface area (Å²) in [6, 6.07) is 68.0. The third kappa shape index (κ3) is 5.28. The van der Waals surface area contributed by atoms with Gasteiger partial charge in [-0.15, -0.1) is 11.3 Å². The van der Waals surface area contributed by atoms with Gasteiger partial charge in [0.05, 0.1) is 11.0 Å². The zero-order valence-electron chi connectivity index (χ0n) is 34.0. The fourth-order valence-electron chi connectivity index (χ4n) is 9.73. The van der Waals surface area contributed by atoms with Crippen LogP contribution in [0.25, 0.3) is 137 Å². The van der Waals surface area contributed by atoms with E-state index < -0.39 is 0 Å². The molecule has 6 nitrogen and oxygen atoms in total. The number of thiophene rings is 1. The van der Waals surface area contributed by atoms with Crippen LogP contribution < -0.4 is 0 Å². The third-order valence-corrected chi connectivity index (χ3v) is 13.9. The van der Waals surface area contributed by atoms with Crippen molar-refractivity contribution in [2.75, 3.05) is 0 Å². The second-order valence-electron chi connectivity index (χ2n) is 16.3. The lowest BCUT2D eigenvalue weighted by Crippen LogP contribution is -2.00. The van der Waals surface area contributed by atoms with Crippen molar-refractivity contribution in [1.29, 1.82) is 0 Å². The molecule has 0 saturated carbocycles. The Morgan fingerprint density at radius 1 is 0.359 bits per heavy atom. The van der Waals surface area contributed by atoms with E-state index in [9.17, 15) is 0 Å². The quantitative estimate of drug-likeness (QED) is 0.173. The summed E-state index contributed by atoms with van der Waals surface area (Å²) in [5, 5.41) is 8.90. The molecule has 0 saturated heterocycles. The molecule has 0 bridgehead atoms. The third-order valence-electron chi connectivity index (χ3n) is 12.7. The van der Waals surface area contributed by atoms with Crippen LogP contribution in [0.5, 0.6) is 0 Å². The van der Waals surface area contributed by atoms with Gasteiger partial charge in [0, 0.05) is 74.9 Å². The van der Waals surface area contributed by atoms with E-state index in [1.54, 1.807) is 11.3 Å². The molecular formula is C57H32N4O2S. The summed E-state index contributed by atoms with van der Waals surface area (Å²) >= 11 is 1.77. The monoisotopic (exact) mass is 836 g/mol. The van der Waals surface area contributed by atoms with Gasteiger partial charge in [0.25, 0.3) is 0 Å². The van der Waals surface area contributed by atoms with E-state index in [2.05, 4.69) is 162 Å². The molecule has 5 aromatic heterocycles. The molecule has 0 fully saturated rings. The number of aromatic nitrogens is 4. The largest absolute Gasteiger partial charge is 0.456 e. The molecule has 0 atom stereocenters. The van der Waals surface area contributed by atoms with Gasteiger partial charge in [-0.1, -0.05) is 115 Å². The molecule has 5 heterocycles. The molecule has 0 aliphatic carbocycles. The Hall–Kier alpha value is -8.39. The van der Waals surface area contributed by atoms with Gasteiger partial charge >= 0.3 is 0 Å². The van der Waals surface area contributed by atoms with Gasteiger partial charge in [0.2, 0.25) is 0 Å². The second-order valence-corrected chi connectivity index (χ2v) is 17.4. The van der Waals surface area contributed by atoms with E-state index in [0.29, 0.717) is 17.5 Å². The summed E-state index contributed by atoms with van der Waals surface area (Å²) in [5.74, 6) is 1.74. The number of furan rings is 2. The molecular weight excluding hydrogens is 805 g/mol. The lowest BCUT2D eigenvalue weighted by molar-refractivity contribution is 0.668. The highest BCUT2D eigenvalue weighted by Gasteiger charge is 2.21. The van der Waals surface area contributed by atoms with Crippen molar-refractivity contribution in [1.82, 2.24) is 19.5 Å². The first kappa shape index (κ1) is 35.2. The van der Waals surface area contributed by atoms with Gasteiger partial charge in [0.15, 0.2) is 17.5 Å². The van der Waals surface area contributed by atoms with Crippen LogP contribution in [0.15, 0.2) is 203 Å². The zero-order chi connectivity index (χ0) is 41.9. The molecule has 0 amide bonds. The van der Waals surface area contributed by atoms with Crippen LogP contribution >= 0.6 is 11.3 Å². The molecule has 9 aromatic carbocycles. The fraction of sp³-hybridized carbons (Fsp3) is 0. The van der Waals surface area contributed by atoms with Crippen molar-refractivity contribution in [3.63, 3.8) is 0 Å². The SMILES string of the molecule is c1ccc(-n2c3ccccc3c3cc(-c4ccc5oc6cccc(-c7nc(-c8ccc9c(c8)oc8ccccc89)nc(-c8cccc9c8sc8ccccc89)n7)c6c5c4)ccc32)cc1. The summed E-state index contributed by atoms with van der Waals surface area (Å²) in [5.41, 5.74) is 11.6. The molecule has 14 rings (SSSR count). The molecule has 0 aliphatic rings. The Bertz CT molecular complexity index is 4210. The molecule has 0 spiro atoms. The maximum Gasteiger partial charge on any atom is 0.165 e. The van der Waals surface area contributed by atoms with Gasteiger partial charge in [-0.05, 0) is 90.0 Å². The first-order chi connectivity index (χ1) is 31.7. The molecule has 0 radical (unpaired) electrons. The number of nitrogens with zero attached hydrogens (tertiary/aromatic N) is 4. The summed E-state index contributed by atoms with van der Waals surface area (Å²) in [4.78, 5) is 15.9. The first-order valence-electron chi connectivity index (χ1n) is 21.3. The minimum absolute atomic E-state index is 0.564. The summed E-state index contributed by atoms with van der Waals surface area (Å²) < 4.78 is 17.7. The Morgan fingerprint density at radius 3 is 1.88 bits per heavy atom. The summed E-state index contributed by atoms with van der Waals surface area (Å²) in [7, 11) is 0. The van der Waals surface area contributed by atoms with E-state index in [1.165, 1.54) is 37.3 Å². The van der Waals surface area contributed by atoms with Crippen molar-refractivity contribution in [2.24, 2.45) is 0 Å². The Balaban J connectivity index is 0.973. The van der Waals surface area contributed by atoms with Gasteiger partial charge in [-0.3, -0.25) is 0 Å². The van der Waals surface area contributed by atoms with Gasteiger partial charge in [0.1, 0.15) is 22.3 Å². The number of hydrogen-bond acceptors (Lipinski definition) is 6. The maximum atomic E-state index is 6.60. The lowest BCUT2D eigenvalue weighted by atomic mass is 9.99. The molecule has 0 unspecified atom stereocenters. The van der Waals surface area contributed by atoms with E-state index in [0.717, 1.165) is 82.1 Å². The van der Waals surface area contributed by atoms with Gasteiger partial charge in [-0.25, -0.2) is 15.0 Å². The predicted molar refractivity (Wildman–Crippen MR) is 263 cm³/mol. The van der Waals surface area contributed by atoms with E-state index in [1.807, 2.05) is 36.4 Å². The topological polar surface area (TPSA) is 69.9 Å². The minimum Gasteiger partial charge on any atom is -0.456 e. The van der Waals surface area contributed by atoms with Crippen molar-refractivity contribution in [3.05, 3.63) is 194 Å². The van der Waals surface area contributed by atoms with Crippen LogP contribution in [-0.4, -0.2) is 19.5 Å². The number of para-hydroxylation sites is 3. The lowest BCUT2D eigenvalue weighted by Gasteiger charge is -2.10. The smallest absolute Gasteiger partial charge is 0.165 e. The van der Waals surface area contributed by atoms with Crippen molar-refractivity contribution in [3.8, 4) is 51.0 Å². The van der Waals surface area contributed by atoms with Gasteiger partial charge in [-0.2, -0.15) is 0 Å². The van der Waals surface area contributed by atoms with Crippen LogP contribution in [0.2, 0.25) is 0 Å². The number of rotatable bonds is 5. The maximum absolute atomic E-state index is 6.60. The normalized spacial score (nSPS) is 12.1. The van der Waals surface area contributed by atoms with E-state index in [4.69, 9.17) is 23.8 Å². The van der Waals surface area contributed by atoms with Crippen molar-refractivity contribution >= 4 is 97.2 Å². The fourth-order valence-corrected chi connectivity index (χ4v) is 10.9. The predicted octanol–water partition coefficient (Wildman–Crippen LogP) is 15.8. The van der Waals surface area contributed by atoms with Crippen molar-refractivity contribution in [2.45, 2.75) is 0 Å². The Kier molecular flexibility index (Phi) is 7.46. The molecule has 64 heavy (non-hydrogen) atoms. The Labute approximate surface area is 368 Å². The van der Waals surface area contributed by atoms with E-state index in [-0.39, 0.29) is 0 Å². The summed E-state index contributed by atoms with van der Waals surface area (Å²) in [6.07, 6.45) is 0. The molecule has 0 aliphatic heterocycles. The van der Waals surface area contributed by atoms with Crippen molar-refractivity contribution < 1.29 is 8.83 Å². The standard InChI is InChI=1S/C57H32N4O2S/c1-2-12-36(13-3-1)61-46-20-7-4-14-37(46)44-30-33(25-28-47(44)61)34-26-29-49-45(31-34)53-42(18-11-22-50(53)62-49)56-58-55(35-24-27-39-38-15-5-8-21-48(38)63-51(39)32-35)59-57(60-56)43-19-10-17-41-40-16-6-9-23-52(40)64-54(41)43/h1-32H. The van der Waals surface area contributed by atoms with Crippen LogP contribution in [0, 0.1) is 0 Å². The summed E-state index contributed by atoms with van der Waals surface area (Å²) in [6.45, 7) is 0. The minimum atomic E-state index is 0.564. The average Bonchev–Trinajstić information content (AvgIpc) is 4.12. The van der Waals surface area contributed by atoms with Crippen LogP contribution in [-0.2, 0) is 0 Å². The Morgan fingerprint density at radius 2 is 0.969 bits per heavy atom. The molecule has 7 heteroatoms. The van der Waals surface area contributed by atoms with Crippen LogP contribution in [0.1, 0.15) is 0 Å². The highest BCUT2D eigenvalue weighted by molar-refractivity contribution is 7.26. The first-order valence-corrected chi connectivity index (χ1v) is 22.1. The van der Waals surface area contributed by atoms with E-state index >= 15 is 0 Å². The highest BCUT2D eigenvalue weighted by atomic mass is 32.1. The average molecular weight is 837 g/mol. The molecule has 298 valence electrons. The molecule has 0 N–H and O–H groups in total. The number of benzene rings is 9. The van der Waals surface area contributed by atoms with Crippen LogP contribution in [0.4, 0.5) is 0 Å². The number of hydrogen-bond donors (Lipinski definition) is 0. The zero-order valence-corrected chi connectivity index (χ0v) is 34.8. The van der Waals surface area contributed by atoms with Gasteiger partial charge < -0.3 is 13.4 Å².